The molecule has 0 heterocycles. The lowest BCUT2D eigenvalue weighted by atomic mass is 10.2. The third kappa shape index (κ3) is 10.2. The van der Waals surface area contributed by atoms with Gasteiger partial charge in [-0.25, -0.2) is 4.79 Å². The molecule has 6 nitrogen and oxygen atoms in total. The Kier molecular flexibility index (Phi) is 9.41. The zero-order chi connectivity index (χ0) is 19.0. The van der Waals surface area contributed by atoms with Crippen molar-refractivity contribution >= 4 is 24.4 Å². The second-order valence-corrected chi connectivity index (χ2v) is 13.6. The third-order valence-electron chi connectivity index (χ3n) is 3.94. The lowest BCUT2D eigenvalue weighted by Gasteiger charge is -2.37. The molecule has 0 fully saturated rings. The van der Waals surface area contributed by atoms with Crippen molar-refractivity contribution in [3.05, 3.63) is 12.2 Å². The molecule has 0 aliphatic rings. The van der Waals surface area contributed by atoms with Gasteiger partial charge in [0.2, 0.25) is 0 Å². The van der Waals surface area contributed by atoms with Crippen LogP contribution in [0.4, 0.5) is 0 Å². The van der Waals surface area contributed by atoms with Crippen molar-refractivity contribution in [3.63, 3.8) is 0 Å². The fourth-order valence-electron chi connectivity index (χ4n) is 1.58. The summed E-state index contributed by atoms with van der Waals surface area (Å²) in [6.45, 7) is 12.8. The minimum absolute atomic E-state index is 0.0342. The van der Waals surface area contributed by atoms with E-state index in [1.54, 1.807) is 13.0 Å². The quantitative estimate of drug-likeness (QED) is 0.250. The van der Waals surface area contributed by atoms with Crippen molar-refractivity contribution < 1.29 is 26.6 Å². The van der Waals surface area contributed by atoms with Gasteiger partial charge in [0.25, 0.3) is 10.1 Å². The number of carbonyl (C=O) groups excluding carboxylic acids is 1. The van der Waals surface area contributed by atoms with Gasteiger partial charge in [-0.05, 0) is 37.9 Å². The van der Waals surface area contributed by atoms with E-state index in [0.29, 0.717) is 19.4 Å². The summed E-state index contributed by atoms with van der Waals surface area (Å²) in [7, 11) is -5.55. The van der Waals surface area contributed by atoms with E-state index in [1.807, 2.05) is 0 Å². The van der Waals surface area contributed by atoms with Crippen LogP contribution in [-0.4, -0.2) is 48.3 Å². The molecule has 24 heavy (non-hydrogen) atoms. The number of hydrogen-bond acceptors (Lipinski definition) is 6. The first-order valence-electron chi connectivity index (χ1n) is 8.14. The van der Waals surface area contributed by atoms with Gasteiger partial charge in [-0.1, -0.05) is 26.8 Å². The maximum Gasteiger partial charge on any atom is 0.330 e. The van der Waals surface area contributed by atoms with Gasteiger partial charge in [0.05, 0.1) is 25.6 Å². The van der Waals surface area contributed by atoms with E-state index in [1.165, 1.54) is 6.08 Å². The number of ether oxygens (including phenoxy) is 1. The predicted octanol–water partition coefficient (Wildman–Crippen LogP) is 3.25. The van der Waals surface area contributed by atoms with Gasteiger partial charge in [0, 0.05) is 6.08 Å². The van der Waals surface area contributed by atoms with Crippen LogP contribution in [-0.2, 0) is 28.3 Å². The highest BCUT2D eigenvalue weighted by atomic mass is 32.2. The molecule has 0 N–H and O–H groups in total. The first-order chi connectivity index (χ1) is 10.8. The Morgan fingerprint density at radius 3 is 2.29 bits per heavy atom. The Morgan fingerprint density at radius 2 is 1.83 bits per heavy atom. The fraction of sp³-hybridized carbons (Fsp3) is 0.812. The Labute approximate surface area is 147 Å². The summed E-state index contributed by atoms with van der Waals surface area (Å²) in [5.74, 6) is -0.407. The van der Waals surface area contributed by atoms with Gasteiger partial charge >= 0.3 is 5.97 Å². The molecule has 142 valence electrons. The van der Waals surface area contributed by atoms with Gasteiger partial charge < -0.3 is 9.16 Å². The Balaban J connectivity index is 4.69. The predicted molar refractivity (Wildman–Crippen MR) is 97.9 cm³/mol. The molecular formula is C16H32O6SSi. The van der Waals surface area contributed by atoms with Crippen LogP contribution in [0.25, 0.3) is 0 Å². The first-order valence-corrected chi connectivity index (χ1v) is 12.9. The number of allylic oxidation sites excluding steroid dienone is 1. The lowest BCUT2D eigenvalue weighted by molar-refractivity contribution is -0.137. The van der Waals surface area contributed by atoms with Gasteiger partial charge in [0.15, 0.2) is 8.32 Å². The molecule has 0 aliphatic heterocycles. The van der Waals surface area contributed by atoms with E-state index < -0.39 is 30.5 Å². The number of esters is 1. The standard InChI is InChI=1S/C16H32O6SSi/c1-8-20-15(17)12-10-9-11-14(22-23(5,18)19)13-21-24(6,7)16(2,3)4/h10,12,14H,8-9,11,13H2,1-7H3/b12-10+/t14-/m0/s1. The largest absolute Gasteiger partial charge is 0.463 e. The number of hydrogen-bond donors (Lipinski definition) is 0. The van der Waals surface area contributed by atoms with E-state index in [0.717, 1.165) is 6.26 Å². The third-order valence-corrected chi connectivity index (χ3v) is 9.07. The molecule has 0 aromatic carbocycles. The Hall–Kier alpha value is -0.703. The van der Waals surface area contributed by atoms with Gasteiger partial charge in [-0.3, -0.25) is 4.18 Å². The van der Waals surface area contributed by atoms with Crippen molar-refractivity contribution in [2.45, 2.75) is 64.8 Å². The highest BCUT2D eigenvalue weighted by molar-refractivity contribution is 7.86. The summed E-state index contributed by atoms with van der Waals surface area (Å²) in [4.78, 5) is 11.2. The van der Waals surface area contributed by atoms with Crippen LogP contribution >= 0.6 is 0 Å². The average molecular weight is 381 g/mol. The summed E-state index contributed by atoms with van der Waals surface area (Å²) in [6, 6.07) is 0. The van der Waals surface area contributed by atoms with Gasteiger partial charge in [-0.15, -0.1) is 0 Å². The molecule has 0 bridgehead atoms. The van der Waals surface area contributed by atoms with E-state index in [-0.39, 0.29) is 11.6 Å². The van der Waals surface area contributed by atoms with Crippen LogP contribution in [0.2, 0.25) is 18.1 Å². The normalized spacial score (nSPS) is 14.8. The van der Waals surface area contributed by atoms with Crippen LogP contribution in [0.15, 0.2) is 12.2 Å². The number of rotatable bonds is 10. The van der Waals surface area contributed by atoms with E-state index in [4.69, 9.17) is 13.3 Å². The summed E-state index contributed by atoms with van der Waals surface area (Å²) >= 11 is 0. The molecule has 0 unspecified atom stereocenters. The van der Waals surface area contributed by atoms with Crippen LogP contribution < -0.4 is 0 Å². The highest BCUT2D eigenvalue weighted by Crippen LogP contribution is 2.36. The second-order valence-electron chi connectivity index (χ2n) is 7.23. The Bertz CT molecular complexity index is 519. The molecule has 8 heteroatoms. The molecule has 0 radical (unpaired) electrons. The minimum Gasteiger partial charge on any atom is -0.463 e. The molecule has 1 atom stereocenters. The molecule has 0 amide bonds. The Morgan fingerprint density at radius 1 is 1.25 bits per heavy atom. The van der Waals surface area contributed by atoms with E-state index in [9.17, 15) is 13.2 Å². The maximum atomic E-state index is 11.4. The van der Waals surface area contributed by atoms with Crippen molar-refractivity contribution in [1.29, 1.82) is 0 Å². The molecular weight excluding hydrogens is 348 g/mol. The van der Waals surface area contributed by atoms with Crippen LogP contribution in [0.3, 0.4) is 0 Å². The SMILES string of the molecule is CCOC(=O)/C=C/CC[C@@H](CO[Si](C)(C)C(C)(C)C)OS(C)(=O)=O. The number of carbonyl (C=O) groups is 1. The average Bonchev–Trinajstić information content (AvgIpc) is 2.38. The first kappa shape index (κ1) is 23.3. The smallest absolute Gasteiger partial charge is 0.330 e. The summed E-state index contributed by atoms with van der Waals surface area (Å²) in [5, 5.41) is 0.0342. The molecule has 0 aromatic rings. The fourth-order valence-corrected chi connectivity index (χ4v) is 3.26. The zero-order valence-corrected chi connectivity index (χ0v) is 17.7. The summed E-state index contributed by atoms with van der Waals surface area (Å²) < 4.78 is 38.8. The zero-order valence-electron chi connectivity index (χ0n) is 15.9. The van der Waals surface area contributed by atoms with Crippen molar-refractivity contribution in [2.75, 3.05) is 19.5 Å². The molecule has 0 aliphatic carbocycles. The molecule has 0 saturated heterocycles. The summed E-state index contributed by atoms with van der Waals surface area (Å²) in [5.41, 5.74) is 0. The van der Waals surface area contributed by atoms with E-state index >= 15 is 0 Å². The van der Waals surface area contributed by atoms with Gasteiger partial charge in [0.1, 0.15) is 0 Å². The molecule has 0 aromatic heterocycles. The van der Waals surface area contributed by atoms with Crippen LogP contribution in [0, 0.1) is 0 Å². The lowest BCUT2D eigenvalue weighted by Crippen LogP contribution is -2.43. The molecule has 0 rings (SSSR count). The maximum absolute atomic E-state index is 11.4. The van der Waals surface area contributed by atoms with Crippen LogP contribution in [0.5, 0.6) is 0 Å². The van der Waals surface area contributed by atoms with Crippen molar-refractivity contribution in [2.24, 2.45) is 0 Å². The topological polar surface area (TPSA) is 78.9 Å². The van der Waals surface area contributed by atoms with Crippen LogP contribution in [0.1, 0.15) is 40.5 Å². The molecule has 0 saturated carbocycles. The highest BCUT2D eigenvalue weighted by Gasteiger charge is 2.37. The second kappa shape index (κ2) is 9.70. The summed E-state index contributed by atoms with van der Waals surface area (Å²) in [6.07, 6.45) is 4.40. The minimum atomic E-state index is -3.57. The molecule has 0 spiro atoms. The van der Waals surface area contributed by atoms with Crippen molar-refractivity contribution in [3.8, 4) is 0 Å². The monoisotopic (exact) mass is 380 g/mol. The van der Waals surface area contributed by atoms with Crippen molar-refractivity contribution in [1.82, 2.24) is 0 Å². The van der Waals surface area contributed by atoms with Gasteiger partial charge in [-0.2, -0.15) is 8.42 Å². The van der Waals surface area contributed by atoms with E-state index in [2.05, 4.69) is 33.9 Å².